The van der Waals surface area contributed by atoms with Gasteiger partial charge >= 0.3 is 5.97 Å². The second kappa shape index (κ2) is 9.82. The Morgan fingerprint density at radius 2 is 1.56 bits per heavy atom. The fourth-order valence-electron chi connectivity index (χ4n) is 4.22. The van der Waals surface area contributed by atoms with Crippen molar-refractivity contribution in [3.05, 3.63) is 59.7 Å². The molecule has 0 spiro atoms. The Labute approximate surface area is 187 Å². The number of carbonyl (C=O) groups excluding carboxylic acids is 2. The molecule has 168 valence electrons. The predicted octanol–water partition coefficient (Wildman–Crippen LogP) is 2.38. The van der Waals surface area contributed by atoms with Crippen LogP contribution < -0.4 is 10.2 Å². The number of rotatable bonds is 6. The number of carbonyl (C=O) groups is 3. The quantitative estimate of drug-likeness (QED) is 0.722. The van der Waals surface area contributed by atoms with Crippen molar-refractivity contribution in [2.45, 2.75) is 12.8 Å². The predicted molar refractivity (Wildman–Crippen MR) is 122 cm³/mol. The van der Waals surface area contributed by atoms with Crippen LogP contribution in [0.4, 0.5) is 11.4 Å². The molecule has 0 radical (unpaired) electrons. The molecule has 0 atom stereocenters. The number of nitrogens with zero attached hydrogens (tertiary/aromatic N) is 3. The summed E-state index contributed by atoms with van der Waals surface area (Å²) in [7, 11) is 0. The van der Waals surface area contributed by atoms with Gasteiger partial charge in [-0.15, -0.1) is 0 Å². The summed E-state index contributed by atoms with van der Waals surface area (Å²) in [6.45, 7) is 5.08. The normalized spacial score (nSPS) is 16.8. The lowest BCUT2D eigenvalue weighted by Gasteiger charge is -2.36. The van der Waals surface area contributed by atoms with Gasteiger partial charge in [0.1, 0.15) is 0 Å². The minimum Gasteiger partial charge on any atom is -0.478 e. The Balaban J connectivity index is 1.39. The summed E-state index contributed by atoms with van der Waals surface area (Å²) < 4.78 is 0. The van der Waals surface area contributed by atoms with Gasteiger partial charge in [-0.2, -0.15) is 0 Å². The third-order valence-corrected chi connectivity index (χ3v) is 6.07. The van der Waals surface area contributed by atoms with Crippen molar-refractivity contribution in [1.82, 2.24) is 9.80 Å². The van der Waals surface area contributed by atoms with Gasteiger partial charge in [-0.25, -0.2) is 4.79 Å². The van der Waals surface area contributed by atoms with E-state index in [4.69, 9.17) is 0 Å². The summed E-state index contributed by atoms with van der Waals surface area (Å²) >= 11 is 0. The zero-order chi connectivity index (χ0) is 22.5. The topological polar surface area (TPSA) is 93.2 Å². The van der Waals surface area contributed by atoms with Gasteiger partial charge in [0, 0.05) is 50.5 Å². The van der Waals surface area contributed by atoms with Crippen LogP contribution in [0, 0.1) is 0 Å². The number of benzene rings is 2. The highest BCUT2D eigenvalue weighted by molar-refractivity contribution is 6.08. The second-order valence-corrected chi connectivity index (χ2v) is 8.21. The molecular weight excluding hydrogens is 408 g/mol. The highest BCUT2D eigenvalue weighted by atomic mass is 16.4. The summed E-state index contributed by atoms with van der Waals surface area (Å²) in [6, 6.07) is 13.8. The van der Waals surface area contributed by atoms with Crippen LogP contribution in [0.1, 0.15) is 33.6 Å². The number of carboxylic acid groups (broad SMARTS) is 1. The Morgan fingerprint density at radius 3 is 2.22 bits per heavy atom. The van der Waals surface area contributed by atoms with E-state index in [1.54, 1.807) is 36.4 Å². The van der Waals surface area contributed by atoms with E-state index in [0.29, 0.717) is 25.2 Å². The number of piperazine rings is 1. The molecule has 0 unspecified atom stereocenters. The first kappa shape index (κ1) is 21.8. The molecule has 2 aliphatic heterocycles. The average Bonchev–Trinajstić information content (AvgIpc) is 3.35. The first-order valence-corrected chi connectivity index (χ1v) is 11.0. The number of amides is 2. The summed E-state index contributed by atoms with van der Waals surface area (Å²) in [5.41, 5.74) is 1.58. The van der Waals surface area contributed by atoms with Crippen molar-refractivity contribution in [3.8, 4) is 0 Å². The van der Waals surface area contributed by atoms with E-state index in [-0.39, 0.29) is 23.1 Å². The highest BCUT2D eigenvalue weighted by Crippen LogP contribution is 2.25. The van der Waals surface area contributed by atoms with Gasteiger partial charge in [-0.3, -0.25) is 14.5 Å². The van der Waals surface area contributed by atoms with Gasteiger partial charge in [-0.05, 0) is 43.2 Å². The third-order valence-electron chi connectivity index (χ3n) is 6.07. The van der Waals surface area contributed by atoms with E-state index < -0.39 is 5.97 Å². The van der Waals surface area contributed by atoms with E-state index in [0.717, 1.165) is 44.7 Å². The number of anilines is 2. The van der Waals surface area contributed by atoms with E-state index in [1.165, 1.54) is 0 Å². The van der Waals surface area contributed by atoms with Crippen LogP contribution in [0.2, 0.25) is 0 Å². The zero-order valence-electron chi connectivity index (χ0n) is 18.0. The van der Waals surface area contributed by atoms with Gasteiger partial charge in [0.25, 0.3) is 5.91 Å². The molecule has 2 aromatic carbocycles. The molecule has 2 saturated heterocycles. The molecule has 2 heterocycles. The second-order valence-electron chi connectivity index (χ2n) is 8.21. The van der Waals surface area contributed by atoms with Crippen LogP contribution in [-0.2, 0) is 4.79 Å². The first-order valence-electron chi connectivity index (χ1n) is 11.0. The lowest BCUT2D eigenvalue weighted by atomic mass is 10.1. The maximum absolute atomic E-state index is 12.4. The first-order chi connectivity index (χ1) is 15.5. The lowest BCUT2D eigenvalue weighted by molar-refractivity contribution is -0.131. The number of carboxylic acids is 1. The van der Waals surface area contributed by atoms with Crippen molar-refractivity contribution < 1.29 is 19.5 Å². The summed E-state index contributed by atoms with van der Waals surface area (Å²) in [5.74, 6) is -1.25. The molecule has 4 rings (SSSR count). The summed E-state index contributed by atoms with van der Waals surface area (Å²) in [6.07, 6.45) is 2.18. The van der Waals surface area contributed by atoms with Gasteiger partial charge < -0.3 is 20.2 Å². The molecule has 32 heavy (non-hydrogen) atoms. The monoisotopic (exact) mass is 436 g/mol. The Kier molecular flexibility index (Phi) is 6.70. The van der Waals surface area contributed by atoms with Crippen molar-refractivity contribution in [1.29, 1.82) is 0 Å². The standard InChI is InChI=1S/C24H28N4O4/c29-22(28-10-4-5-11-28)17-26-12-14-27(15-13-26)19-8-9-21(20(16-19)24(31)32)25-23(30)18-6-2-1-3-7-18/h1-3,6-9,16H,4-5,10-15,17H2,(H,25,30)(H,31,32). The fourth-order valence-corrected chi connectivity index (χ4v) is 4.22. The number of aromatic carboxylic acids is 1. The molecule has 2 aromatic rings. The van der Waals surface area contributed by atoms with Crippen LogP contribution in [-0.4, -0.2) is 78.5 Å². The Bertz CT molecular complexity index is 981. The number of likely N-dealkylation sites (tertiary alicyclic amines) is 1. The van der Waals surface area contributed by atoms with Crippen molar-refractivity contribution in [2.24, 2.45) is 0 Å². The minimum absolute atomic E-state index is 0.0541. The van der Waals surface area contributed by atoms with Crippen molar-refractivity contribution >= 4 is 29.2 Å². The van der Waals surface area contributed by atoms with Crippen LogP contribution in [0.5, 0.6) is 0 Å². The molecule has 0 saturated carbocycles. The maximum Gasteiger partial charge on any atom is 0.337 e. The minimum atomic E-state index is -1.09. The highest BCUT2D eigenvalue weighted by Gasteiger charge is 2.24. The van der Waals surface area contributed by atoms with Crippen LogP contribution in [0.15, 0.2) is 48.5 Å². The third kappa shape index (κ3) is 5.08. The number of nitrogens with one attached hydrogen (secondary N) is 1. The number of hydrogen-bond donors (Lipinski definition) is 2. The Hall–Kier alpha value is -3.39. The van der Waals surface area contributed by atoms with Crippen molar-refractivity contribution in [2.75, 3.05) is 56.0 Å². The molecular formula is C24H28N4O4. The molecule has 8 heteroatoms. The van der Waals surface area contributed by atoms with E-state index in [9.17, 15) is 19.5 Å². The van der Waals surface area contributed by atoms with Gasteiger partial charge in [0.05, 0.1) is 17.8 Å². The van der Waals surface area contributed by atoms with E-state index in [1.807, 2.05) is 17.0 Å². The summed E-state index contributed by atoms with van der Waals surface area (Å²) in [5, 5.41) is 12.4. The smallest absolute Gasteiger partial charge is 0.337 e. The molecule has 2 amide bonds. The molecule has 8 nitrogen and oxygen atoms in total. The molecule has 0 aromatic heterocycles. The van der Waals surface area contributed by atoms with E-state index in [2.05, 4.69) is 15.1 Å². The largest absolute Gasteiger partial charge is 0.478 e. The molecule has 2 fully saturated rings. The molecule has 0 aliphatic carbocycles. The molecule has 2 aliphatic rings. The van der Waals surface area contributed by atoms with Gasteiger partial charge in [0.15, 0.2) is 0 Å². The van der Waals surface area contributed by atoms with Gasteiger partial charge in [0.2, 0.25) is 5.91 Å². The van der Waals surface area contributed by atoms with Gasteiger partial charge in [-0.1, -0.05) is 18.2 Å². The van der Waals surface area contributed by atoms with Crippen LogP contribution >= 0.6 is 0 Å². The van der Waals surface area contributed by atoms with Crippen molar-refractivity contribution in [3.63, 3.8) is 0 Å². The number of hydrogen-bond acceptors (Lipinski definition) is 5. The van der Waals surface area contributed by atoms with Crippen LogP contribution in [0.3, 0.4) is 0 Å². The van der Waals surface area contributed by atoms with Crippen LogP contribution in [0.25, 0.3) is 0 Å². The molecule has 0 bridgehead atoms. The molecule has 2 N–H and O–H groups in total. The Morgan fingerprint density at radius 1 is 0.875 bits per heavy atom. The average molecular weight is 437 g/mol. The summed E-state index contributed by atoms with van der Waals surface area (Å²) in [4.78, 5) is 42.9. The maximum atomic E-state index is 12.4. The SMILES string of the molecule is O=C(Nc1ccc(N2CCN(CC(=O)N3CCCC3)CC2)cc1C(=O)O)c1ccccc1. The lowest BCUT2D eigenvalue weighted by Crippen LogP contribution is -2.49. The fraction of sp³-hybridized carbons (Fsp3) is 0.375. The zero-order valence-corrected chi connectivity index (χ0v) is 18.0. The van der Waals surface area contributed by atoms with E-state index >= 15 is 0 Å².